The Hall–Kier alpha value is -0.290. The summed E-state index contributed by atoms with van der Waals surface area (Å²) in [5.74, 6) is 2.58. The van der Waals surface area contributed by atoms with Gasteiger partial charge in [0, 0.05) is 0 Å². The van der Waals surface area contributed by atoms with E-state index >= 15 is 0 Å². The quantitative estimate of drug-likeness (QED) is 0.384. The monoisotopic (exact) mass is 498 g/mol. The predicted octanol–water partition coefficient (Wildman–Crippen LogP) is 8.19. The van der Waals surface area contributed by atoms with Gasteiger partial charge in [-0.15, -0.1) is 0 Å². The van der Waals surface area contributed by atoms with Crippen molar-refractivity contribution in [3.63, 3.8) is 0 Å². The molecule has 5 fully saturated rings. The lowest BCUT2D eigenvalue weighted by molar-refractivity contribution is -0.290. The molecule has 202 valence electrons. The number of alkyl halides is 3. The Morgan fingerprint density at radius 2 is 1.43 bits per heavy atom. The van der Waals surface area contributed by atoms with Gasteiger partial charge in [0.2, 0.25) is 0 Å². The second kappa shape index (κ2) is 9.17. The van der Waals surface area contributed by atoms with Gasteiger partial charge in [-0.3, -0.25) is 0 Å². The Bertz CT molecular complexity index is 759. The second-order valence-electron chi connectivity index (χ2n) is 14.2. The molecule has 0 heterocycles. The Kier molecular flexibility index (Phi) is 6.90. The van der Waals surface area contributed by atoms with Crippen molar-refractivity contribution in [2.45, 2.75) is 147 Å². The minimum atomic E-state index is -4.51. The van der Waals surface area contributed by atoms with Crippen LogP contribution in [-0.4, -0.2) is 27.6 Å². The molecule has 8 atom stereocenters. The summed E-state index contributed by atoms with van der Waals surface area (Å²) in [4.78, 5) is 0. The fourth-order valence-corrected chi connectivity index (χ4v) is 10.4. The van der Waals surface area contributed by atoms with Crippen LogP contribution in [0.5, 0.6) is 0 Å². The molecule has 2 N–H and O–H groups in total. The maximum atomic E-state index is 13.6. The van der Waals surface area contributed by atoms with E-state index in [1.807, 2.05) is 0 Å². The summed E-state index contributed by atoms with van der Waals surface area (Å²) in [6, 6.07) is 0. The summed E-state index contributed by atoms with van der Waals surface area (Å²) in [6.07, 6.45) is 12.7. The zero-order valence-corrected chi connectivity index (χ0v) is 22.1. The number of hydrogen-bond donors (Lipinski definition) is 2. The fraction of sp³-hybridized carbons (Fsp3) is 1.00. The first-order valence-electron chi connectivity index (χ1n) is 14.9. The van der Waals surface area contributed by atoms with Gasteiger partial charge in [-0.25, -0.2) is 0 Å². The first-order chi connectivity index (χ1) is 16.4. The van der Waals surface area contributed by atoms with Crippen molar-refractivity contribution in [3.05, 3.63) is 0 Å². The van der Waals surface area contributed by atoms with E-state index < -0.39 is 17.4 Å². The molecule has 0 aliphatic heterocycles. The summed E-state index contributed by atoms with van der Waals surface area (Å²) < 4.78 is 40.8. The van der Waals surface area contributed by atoms with Gasteiger partial charge in [0.05, 0.1) is 5.60 Å². The van der Waals surface area contributed by atoms with E-state index in [1.165, 1.54) is 51.4 Å². The molecule has 5 saturated carbocycles. The van der Waals surface area contributed by atoms with Crippen LogP contribution in [0.1, 0.15) is 129 Å². The van der Waals surface area contributed by atoms with E-state index in [0.29, 0.717) is 29.6 Å². The lowest BCUT2D eigenvalue weighted by Crippen LogP contribution is -2.59. The van der Waals surface area contributed by atoms with Gasteiger partial charge in [0.25, 0.3) is 0 Å². The lowest BCUT2D eigenvalue weighted by Gasteiger charge is -2.62. The Balaban J connectivity index is 1.23. The van der Waals surface area contributed by atoms with E-state index in [9.17, 15) is 23.4 Å². The topological polar surface area (TPSA) is 40.5 Å². The molecule has 0 radical (unpaired) electrons. The van der Waals surface area contributed by atoms with Crippen molar-refractivity contribution in [2.24, 2.45) is 40.4 Å². The molecule has 35 heavy (non-hydrogen) atoms. The molecule has 0 aromatic heterocycles. The van der Waals surface area contributed by atoms with E-state index in [4.69, 9.17) is 0 Å². The maximum absolute atomic E-state index is 13.6. The van der Waals surface area contributed by atoms with Crippen molar-refractivity contribution >= 4 is 0 Å². The average molecular weight is 499 g/mol. The molecule has 0 aromatic rings. The summed E-state index contributed by atoms with van der Waals surface area (Å²) in [5.41, 5.74) is -2.60. The van der Waals surface area contributed by atoms with Gasteiger partial charge in [0.15, 0.2) is 5.60 Å². The second-order valence-corrected chi connectivity index (χ2v) is 14.2. The summed E-state index contributed by atoms with van der Waals surface area (Å²) in [7, 11) is 0. The number of hydrogen-bond acceptors (Lipinski definition) is 2. The minimum Gasteiger partial charge on any atom is -0.390 e. The van der Waals surface area contributed by atoms with Crippen LogP contribution in [0.4, 0.5) is 13.2 Å². The fourth-order valence-electron chi connectivity index (χ4n) is 10.4. The molecule has 2 nitrogen and oxygen atoms in total. The van der Waals surface area contributed by atoms with Gasteiger partial charge >= 0.3 is 6.18 Å². The van der Waals surface area contributed by atoms with Crippen LogP contribution in [0.15, 0.2) is 0 Å². The van der Waals surface area contributed by atoms with Crippen LogP contribution in [0.2, 0.25) is 0 Å². The molecule has 5 rings (SSSR count). The summed E-state index contributed by atoms with van der Waals surface area (Å²) >= 11 is 0. The largest absolute Gasteiger partial charge is 0.417 e. The van der Waals surface area contributed by atoms with E-state index in [1.54, 1.807) is 0 Å². The molecule has 0 saturated heterocycles. The van der Waals surface area contributed by atoms with Crippen molar-refractivity contribution in [1.82, 2.24) is 0 Å². The third-order valence-corrected chi connectivity index (χ3v) is 12.7. The zero-order valence-electron chi connectivity index (χ0n) is 22.1. The van der Waals surface area contributed by atoms with Crippen molar-refractivity contribution in [2.75, 3.05) is 0 Å². The Morgan fingerprint density at radius 1 is 0.743 bits per heavy atom. The number of aliphatic hydroxyl groups is 2. The van der Waals surface area contributed by atoms with Crippen LogP contribution in [0.3, 0.4) is 0 Å². The first-order valence-corrected chi connectivity index (χ1v) is 14.9. The molecule has 5 heteroatoms. The van der Waals surface area contributed by atoms with Gasteiger partial charge < -0.3 is 10.2 Å². The predicted molar refractivity (Wildman–Crippen MR) is 133 cm³/mol. The molecule has 0 unspecified atom stereocenters. The van der Waals surface area contributed by atoms with Gasteiger partial charge in [-0.1, -0.05) is 46.0 Å². The third-order valence-electron chi connectivity index (χ3n) is 12.7. The molecule has 0 bridgehead atoms. The molecular weight excluding hydrogens is 449 g/mol. The first kappa shape index (κ1) is 26.3. The standard InChI is InChI=1S/C30H49F3O2/c1-26-17-13-25-23(11-9-22-20-29(35,30(31,32)33)19-18-27(22,25)2)24(26)12-10-21(26)8-7-16-28(34)14-5-3-4-6-15-28/h21-25,34-35H,3-20H2,1-2H3/t21-,22+,23+,24+,25+,26-,27+,29+/m1/s1. The number of rotatable bonds is 4. The van der Waals surface area contributed by atoms with Crippen LogP contribution in [0.25, 0.3) is 0 Å². The number of halogens is 3. The minimum absolute atomic E-state index is 0.00833. The van der Waals surface area contributed by atoms with E-state index in [2.05, 4.69) is 13.8 Å². The third kappa shape index (κ3) is 4.51. The van der Waals surface area contributed by atoms with Crippen LogP contribution in [-0.2, 0) is 0 Å². The zero-order chi connectivity index (χ0) is 25.1. The highest BCUT2D eigenvalue weighted by Gasteiger charge is 2.64. The van der Waals surface area contributed by atoms with Crippen LogP contribution < -0.4 is 0 Å². The normalized spacial score (nSPS) is 47.9. The molecule has 5 aliphatic carbocycles. The Morgan fingerprint density at radius 3 is 2.11 bits per heavy atom. The van der Waals surface area contributed by atoms with Crippen LogP contribution in [0, 0.1) is 40.4 Å². The maximum Gasteiger partial charge on any atom is 0.417 e. The summed E-state index contributed by atoms with van der Waals surface area (Å²) in [5, 5.41) is 21.6. The molecule has 0 amide bonds. The molecule has 0 aromatic carbocycles. The smallest absolute Gasteiger partial charge is 0.390 e. The van der Waals surface area contributed by atoms with Crippen LogP contribution >= 0.6 is 0 Å². The van der Waals surface area contributed by atoms with E-state index in [0.717, 1.165) is 50.9 Å². The SMILES string of the molecule is C[C@]12CC[C@@](O)(C(F)(F)F)C[C@@H]1CC[C@@H]1[C@@H]2CC[C@]2(C)[C@H](CCCC3(O)CCCCCC3)CC[C@@H]12. The molecule has 0 spiro atoms. The van der Waals surface area contributed by atoms with Crippen molar-refractivity contribution < 1.29 is 23.4 Å². The van der Waals surface area contributed by atoms with E-state index in [-0.39, 0.29) is 24.2 Å². The average Bonchev–Trinajstić information content (AvgIpc) is 2.96. The molecule has 5 aliphatic rings. The Labute approximate surface area is 210 Å². The van der Waals surface area contributed by atoms with Gasteiger partial charge in [-0.05, 0) is 124 Å². The molecular formula is C30H49F3O2. The highest BCUT2D eigenvalue weighted by molar-refractivity contribution is 5.11. The van der Waals surface area contributed by atoms with Gasteiger partial charge in [-0.2, -0.15) is 13.2 Å². The van der Waals surface area contributed by atoms with Crippen molar-refractivity contribution in [3.8, 4) is 0 Å². The number of fused-ring (bicyclic) bond motifs is 5. The summed E-state index contributed by atoms with van der Waals surface area (Å²) in [6.45, 7) is 4.80. The highest BCUT2D eigenvalue weighted by Crippen LogP contribution is 2.69. The van der Waals surface area contributed by atoms with Gasteiger partial charge in [0.1, 0.15) is 0 Å². The van der Waals surface area contributed by atoms with Crippen molar-refractivity contribution in [1.29, 1.82) is 0 Å². The lowest BCUT2D eigenvalue weighted by atomic mass is 9.43. The highest BCUT2D eigenvalue weighted by atomic mass is 19.4.